The third-order valence-corrected chi connectivity index (χ3v) is 3.55. The lowest BCUT2D eigenvalue weighted by molar-refractivity contribution is -0.171. The number of aromatic nitrogens is 2. The Morgan fingerprint density at radius 2 is 2.21 bits per heavy atom. The number of hydrogen-bond donors (Lipinski definition) is 3. The maximum absolute atomic E-state index is 11.9. The van der Waals surface area contributed by atoms with Gasteiger partial charge in [-0.15, -0.1) is 0 Å². The van der Waals surface area contributed by atoms with Gasteiger partial charge in [-0.2, -0.15) is 0 Å². The van der Waals surface area contributed by atoms with Gasteiger partial charge in [0.25, 0.3) is 5.56 Å². The topological polar surface area (TPSA) is 140 Å². The molecule has 3 N–H and O–H groups in total. The molecule has 1 aromatic rings. The average Bonchev–Trinajstić information content (AvgIpc) is 2.84. The fourth-order valence-electron chi connectivity index (χ4n) is 2.36. The molecular formula is C14H20N2O8. The Morgan fingerprint density at radius 3 is 2.83 bits per heavy atom. The number of aliphatic hydroxyl groups is 2. The first kappa shape index (κ1) is 18.3. The predicted molar refractivity (Wildman–Crippen MR) is 79.1 cm³/mol. The van der Waals surface area contributed by atoms with E-state index in [0.29, 0.717) is 6.42 Å². The molecule has 2 rings (SSSR count). The number of ether oxygens (including phenoxy) is 3. The highest BCUT2D eigenvalue weighted by molar-refractivity contribution is 5.69. The van der Waals surface area contributed by atoms with Gasteiger partial charge in [-0.25, -0.2) is 4.79 Å². The number of nitrogens with one attached hydrogen (secondary N) is 1. The van der Waals surface area contributed by atoms with Gasteiger partial charge < -0.3 is 24.4 Å². The van der Waals surface area contributed by atoms with Gasteiger partial charge in [0.1, 0.15) is 18.3 Å². The number of H-pyrrole nitrogens is 1. The molecule has 1 fully saturated rings. The number of rotatable bonds is 7. The second-order valence-corrected chi connectivity index (χ2v) is 5.27. The first-order chi connectivity index (χ1) is 11.5. The molecule has 4 atom stereocenters. The van der Waals surface area contributed by atoms with E-state index < -0.39 is 55.2 Å². The van der Waals surface area contributed by atoms with Gasteiger partial charge in [-0.3, -0.25) is 19.1 Å². The van der Waals surface area contributed by atoms with Crippen molar-refractivity contribution < 1.29 is 29.2 Å². The second kappa shape index (κ2) is 8.20. The maximum atomic E-state index is 11.9. The number of aromatic amines is 1. The van der Waals surface area contributed by atoms with Crippen molar-refractivity contribution in [2.75, 3.05) is 13.4 Å². The van der Waals surface area contributed by atoms with Crippen molar-refractivity contribution in [2.24, 2.45) is 0 Å². The lowest BCUT2D eigenvalue weighted by atomic mass is 10.1. The van der Waals surface area contributed by atoms with Gasteiger partial charge in [-0.05, 0) is 6.42 Å². The molecule has 10 heteroatoms. The molecule has 0 radical (unpaired) electrons. The summed E-state index contributed by atoms with van der Waals surface area (Å²) in [4.78, 5) is 36.4. The first-order valence-corrected chi connectivity index (χ1v) is 7.51. The molecule has 0 bridgehead atoms. The number of nitrogens with zero attached hydrogens (tertiary/aromatic N) is 1. The summed E-state index contributed by atoms with van der Waals surface area (Å²) in [6.07, 6.45) is -2.34. The highest BCUT2D eigenvalue weighted by Crippen LogP contribution is 2.30. The van der Waals surface area contributed by atoms with E-state index in [9.17, 15) is 24.6 Å². The van der Waals surface area contributed by atoms with Gasteiger partial charge in [0.05, 0.1) is 6.61 Å². The van der Waals surface area contributed by atoms with Crippen molar-refractivity contribution in [3.05, 3.63) is 33.1 Å². The molecular weight excluding hydrogens is 324 g/mol. The summed E-state index contributed by atoms with van der Waals surface area (Å²) in [5.41, 5.74) is -1.34. The van der Waals surface area contributed by atoms with E-state index in [1.165, 1.54) is 6.20 Å². The number of aliphatic hydroxyl groups excluding tert-OH is 2. The Labute approximate surface area is 136 Å². The van der Waals surface area contributed by atoms with E-state index in [4.69, 9.17) is 14.2 Å². The largest absolute Gasteiger partial charge is 0.438 e. The maximum Gasteiger partial charge on any atom is 0.330 e. The molecule has 10 nitrogen and oxygen atoms in total. The third-order valence-electron chi connectivity index (χ3n) is 3.55. The monoisotopic (exact) mass is 344 g/mol. The van der Waals surface area contributed by atoms with Crippen LogP contribution in [-0.4, -0.2) is 57.4 Å². The molecule has 24 heavy (non-hydrogen) atoms. The molecule has 0 aliphatic carbocycles. The Balaban J connectivity index is 2.13. The first-order valence-electron chi connectivity index (χ1n) is 7.51. The summed E-state index contributed by atoms with van der Waals surface area (Å²) in [5, 5.41) is 19.4. The van der Waals surface area contributed by atoms with Crippen molar-refractivity contribution in [1.82, 2.24) is 9.55 Å². The molecule has 1 aliphatic heterocycles. The number of carbonyl (C=O) groups is 1. The minimum Gasteiger partial charge on any atom is -0.438 e. The fraction of sp³-hybridized carbons (Fsp3) is 0.643. The lowest BCUT2D eigenvalue weighted by Gasteiger charge is -2.21. The van der Waals surface area contributed by atoms with Crippen LogP contribution in [0.4, 0.5) is 0 Å². The summed E-state index contributed by atoms with van der Waals surface area (Å²) in [7, 11) is 0. The summed E-state index contributed by atoms with van der Waals surface area (Å²) >= 11 is 0. The molecule has 2 unspecified atom stereocenters. The summed E-state index contributed by atoms with van der Waals surface area (Å²) in [5.74, 6) is -0.456. The van der Waals surface area contributed by atoms with Gasteiger partial charge >= 0.3 is 11.7 Å². The van der Waals surface area contributed by atoms with Crippen LogP contribution in [-0.2, 0) is 19.0 Å². The van der Waals surface area contributed by atoms with Crippen LogP contribution in [0.15, 0.2) is 21.9 Å². The predicted octanol–water partition coefficient (Wildman–Crippen LogP) is -1.53. The molecule has 1 saturated heterocycles. The zero-order chi connectivity index (χ0) is 17.7. The molecule has 0 amide bonds. The average molecular weight is 344 g/mol. The van der Waals surface area contributed by atoms with Crippen LogP contribution in [0.2, 0.25) is 0 Å². The summed E-state index contributed by atoms with van der Waals surface area (Å²) in [6, 6.07) is 1.11. The minimum atomic E-state index is -1.25. The van der Waals surface area contributed by atoms with Crippen LogP contribution in [0.1, 0.15) is 26.0 Å². The number of carbonyl (C=O) groups excluding carboxylic acids is 1. The van der Waals surface area contributed by atoms with Crippen molar-refractivity contribution in [1.29, 1.82) is 0 Å². The molecule has 0 saturated carbocycles. The normalized spacial score (nSPS) is 26.5. The van der Waals surface area contributed by atoms with E-state index in [2.05, 4.69) is 4.98 Å². The fourth-order valence-corrected chi connectivity index (χ4v) is 2.36. The molecule has 0 spiro atoms. The van der Waals surface area contributed by atoms with Crippen molar-refractivity contribution in [3.63, 3.8) is 0 Å². The Bertz CT molecular complexity index is 669. The lowest BCUT2D eigenvalue weighted by Crippen LogP contribution is -2.39. The molecule has 1 aromatic heterocycles. The standard InChI is InChI=1S/C14H20N2O8/c1-2-3-10(19)22-7-23-12-11(20)8(6-17)24-13(12)16-5-4-9(18)15-14(16)21/h4-5,8,11-13,17,20H,2-3,6-7H2,1H3,(H,15,18,21)/t8-,11?,12?,13-/m1/s1. The zero-order valence-electron chi connectivity index (χ0n) is 13.1. The zero-order valence-corrected chi connectivity index (χ0v) is 13.1. The molecule has 2 heterocycles. The van der Waals surface area contributed by atoms with E-state index in [1.54, 1.807) is 0 Å². The quantitative estimate of drug-likeness (QED) is 0.400. The minimum absolute atomic E-state index is 0.231. The van der Waals surface area contributed by atoms with E-state index in [0.717, 1.165) is 10.6 Å². The van der Waals surface area contributed by atoms with E-state index in [1.807, 2.05) is 6.92 Å². The van der Waals surface area contributed by atoms with E-state index >= 15 is 0 Å². The smallest absolute Gasteiger partial charge is 0.330 e. The van der Waals surface area contributed by atoms with Crippen LogP contribution in [0, 0.1) is 0 Å². The molecule has 134 valence electrons. The third kappa shape index (κ3) is 4.09. The van der Waals surface area contributed by atoms with Crippen LogP contribution >= 0.6 is 0 Å². The van der Waals surface area contributed by atoms with Gasteiger partial charge in [0.2, 0.25) is 0 Å². The SMILES string of the molecule is CCCC(=O)OCOC1C(O)[C@@H](CO)O[C@H]1n1ccc(=O)[nH]c1=O. The van der Waals surface area contributed by atoms with Crippen LogP contribution in [0.3, 0.4) is 0 Å². The van der Waals surface area contributed by atoms with E-state index in [-0.39, 0.29) is 6.42 Å². The van der Waals surface area contributed by atoms with Crippen molar-refractivity contribution in [3.8, 4) is 0 Å². The molecule has 0 aromatic carbocycles. The number of hydrogen-bond acceptors (Lipinski definition) is 8. The van der Waals surface area contributed by atoms with Crippen LogP contribution in [0.25, 0.3) is 0 Å². The van der Waals surface area contributed by atoms with Crippen LogP contribution in [0.5, 0.6) is 0 Å². The van der Waals surface area contributed by atoms with Gasteiger partial charge in [0.15, 0.2) is 13.0 Å². The van der Waals surface area contributed by atoms with Crippen molar-refractivity contribution >= 4 is 5.97 Å². The number of esters is 1. The Kier molecular flexibility index (Phi) is 6.26. The second-order valence-electron chi connectivity index (χ2n) is 5.27. The Morgan fingerprint density at radius 1 is 1.46 bits per heavy atom. The van der Waals surface area contributed by atoms with Crippen molar-refractivity contribution in [2.45, 2.75) is 44.3 Å². The van der Waals surface area contributed by atoms with Gasteiger partial charge in [0, 0.05) is 18.7 Å². The Hall–Kier alpha value is -2.01. The van der Waals surface area contributed by atoms with Crippen LogP contribution < -0.4 is 11.2 Å². The highest BCUT2D eigenvalue weighted by Gasteiger charge is 2.45. The summed E-state index contributed by atoms with van der Waals surface area (Å²) in [6.45, 7) is 0.892. The highest BCUT2D eigenvalue weighted by atomic mass is 16.7. The summed E-state index contributed by atoms with van der Waals surface area (Å²) < 4.78 is 16.6. The molecule has 1 aliphatic rings. The van der Waals surface area contributed by atoms with Gasteiger partial charge in [-0.1, -0.05) is 6.92 Å².